The maximum absolute atomic E-state index is 12.4. The second kappa shape index (κ2) is 7.70. The Morgan fingerprint density at radius 2 is 2.10 bits per heavy atom. The summed E-state index contributed by atoms with van der Waals surface area (Å²) in [6.07, 6.45) is 3.69. The maximum Gasteiger partial charge on any atom is 0.326 e. The zero-order valence-electron chi connectivity index (χ0n) is 13.2. The summed E-state index contributed by atoms with van der Waals surface area (Å²) < 4.78 is 16.8. The van der Waals surface area contributed by atoms with Crippen LogP contribution in [0.15, 0.2) is 0 Å². The third kappa shape index (κ3) is 4.05. The van der Waals surface area contributed by atoms with E-state index in [2.05, 4.69) is 17.1 Å². The van der Waals surface area contributed by atoms with Gasteiger partial charge in [0, 0.05) is 41.4 Å². The molecule has 2 atom stereocenters. The van der Waals surface area contributed by atoms with E-state index < -0.39 is 16.3 Å². The Hall–Kier alpha value is -0.460. The highest BCUT2D eigenvalue weighted by molar-refractivity contribution is 7.85. The Labute approximate surface area is 130 Å². The Balaban J connectivity index is 1.99. The lowest BCUT2D eigenvalue weighted by molar-refractivity contribution is -0.151. The summed E-state index contributed by atoms with van der Waals surface area (Å²) in [6, 6.07) is 0.413. The average Bonchev–Trinajstić information content (AvgIpc) is 2.92. The zero-order chi connectivity index (χ0) is 15.3. The van der Waals surface area contributed by atoms with Gasteiger partial charge in [0.1, 0.15) is 5.54 Å². The van der Waals surface area contributed by atoms with Crippen LogP contribution in [-0.4, -0.2) is 64.4 Å². The van der Waals surface area contributed by atoms with E-state index in [1.165, 1.54) is 0 Å². The van der Waals surface area contributed by atoms with Gasteiger partial charge in [0.2, 0.25) is 0 Å². The zero-order valence-corrected chi connectivity index (χ0v) is 14.0. The molecule has 1 aliphatic carbocycles. The van der Waals surface area contributed by atoms with Crippen molar-refractivity contribution in [3.05, 3.63) is 0 Å². The third-order valence-electron chi connectivity index (χ3n) is 4.60. The number of carbonyl (C=O) groups excluding carboxylic acids is 1. The van der Waals surface area contributed by atoms with Crippen molar-refractivity contribution < 1.29 is 13.7 Å². The van der Waals surface area contributed by atoms with E-state index in [1.54, 1.807) is 0 Å². The van der Waals surface area contributed by atoms with Crippen molar-refractivity contribution in [2.24, 2.45) is 0 Å². The molecule has 1 saturated carbocycles. The minimum absolute atomic E-state index is 0.0958. The first kappa shape index (κ1) is 16.9. The van der Waals surface area contributed by atoms with Crippen LogP contribution in [0.4, 0.5) is 0 Å². The number of ether oxygens (including phenoxy) is 1. The van der Waals surface area contributed by atoms with Gasteiger partial charge >= 0.3 is 5.97 Å². The summed E-state index contributed by atoms with van der Waals surface area (Å²) in [6.45, 7) is 7.03. The molecule has 21 heavy (non-hydrogen) atoms. The van der Waals surface area contributed by atoms with Crippen molar-refractivity contribution in [3.8, 4) is 0 Å². The molecule has 5 nitrogen and oxygen atoms in total. The number of nitrogens with zero attached hydrogens (tertiary/aromatic N) is 1. The van der Waals surface area contributed by atoms with Crippen LogP contribution in [-0.2, 0) is 20.3 Å². The lowest BCUT2D eigenvalue weighted by Gasteiger charge is -2.34. The Bertz CT molecular complexity index is 381. The molecule has 0 amide bonds. The first-order valence-electron chi connectivity index (χ1n) is 8.12. The highest BCUT2D eigenvalue weighted by atomic mass is 32.2. The van der Waals surface area contributed by atoms with Crippen LogP contribution in [0.3, 0.4) is 0 Å². The van der Waals surface area contributed by atoms with E-state index in [1.807, 2.05) is 6.92 Å². The monoisotopic (exact) mass is 316 g/mol. The van der Waals surface area contributed by atoms with Gasteiger partial charge < -0.3 is 10.1 Å². The van der Waals surface area contributed by atoms with Gasteiger partial charge in [-0.1, -0.05) is 6.92 Å². The first-order valence-corrected chi connectivity index (χ1v) is 9.61. The molecule has 0 aromatic heterocycles. The van der Waals surface area contributed by atoms with Crippen molar-refractivity contribution in [2.45, 2.75) is 51.1 Å². The van der Waals surface area contributed by atoms with Crippen LogP contribution < -0.4 is 5.32 Å². The number of hydrogen-bond donors (Lipinski definition) is 1. The van der Waals surface area contributed by atoms with E-state index in [0.717, 1.165) is 56.8 Å². The fourth-order valence-electron chi connectivity index (χ4n) is 3.40. The number of hydrogen-bond acceptors (Lipinski definition) is 5. The molecule has 6 heteroatoms. The third-order valence-corrected chi connectivity index (χ3v) is 5.87. The first-order chi connectivity index (χ1) is 10.1. The summed E-state index contributed by atoms with van der Waals surface area (Å²) in [5.74, 6) is 1.44. The largest absolute Gasteiger partial charge is 0.465 e. The van der Waals surface area contributed by atoms with E-state index in [4.69, 9.17) is 4.74 Å². The minimum atomic E-state index is -0.646. The quantitative estimate of drug-likeness (QED) is 0.738. The number of nitrogens with one attached hydrogen (secondary N) is 1. The topological polar surface area (TPSA) is 58.6 Å². The molecular formula is C15H28N2O3S. The molecule has 122 valence electrons. The molecule has 0 aromatic carbocycles. The molecular weight excluding hydrogens is 288 g/mol. The van der Waals surface area contributed by atoms with Gasteiger partial charge in [0.05, 0.1) is 6.61 Å². The highest BCUT2D eigenvalue weighted by Crippen LogP contribution is 2.34. The van der Waals surface area contributed by atoms with Crippen molar-refractivity contribution in [3.63, 3.8) is 0 Å². The molecule has 1 N–H and O–H groups in total. The summed E-state index contributed by atoms with van der Waals surface area (Å²) in [5.41, 5.74) is -0.507. The van der Waals surface area contributed by atoms with Crippen LogP contribution in [0.25, 0.3) is 0 Å². The number of rotatable bonds is 6. The van der Waals surface area contributed by atoms with Crippen molar-refractivity contribution in [1.82, 2.24) is 10.2 Å². The van der Waals surface area contributed by atoms with Gasteiger partial charge in [-0.3, -0.25) is 13.9 Å². The van der Waals surface area contributed by atoms with Gasteiger partial charge in [0.15, 0.2) is 0 Å². The molecule has 2 fully saturated rings. The molecule has 2 unspecified atom stereocenters. The van der Waals surface area contributed by atoms with E-state index >= 15 is 0 Å². The lowest BCUT2D eigenvalue weighted by atomic mass is 9.96. The normalized spacial score (nSPS) is 31.4. The number of carbonyl (C=O) groups is 1. The molecule has 0 bridgehead atoms. The van der Waals surface area contributed by atoms with Gasteiger partial charge in [-0.25, -0.2) is 0 Å². The Kier molecular flexibility index (Phi) is 6.20. The van der Waals surface area contributed by atoms with Crippen LogP contribution in [0.5, 0.6) is 0 Å². The second-order valence-electron chi connectivity index (χ2n) is 6.01. The summed E-state index contributed by atoms with van der Waals surface area (Å²) in [7, 11) is -0.646. The highest BCUT2D eigenvalue weighted by Gasteiger charge is 2.47. The standard InChI is InChI=1S/C15H28N2O3S/c1-3-7-16-15(14(18)20-4-2)6-5-13(12-15)17-8-10-21(19)11-9-17/h13,16H,3-12H2,1-2H3. The van der Waals surface area contributed by atoms with Gasteiger partial charge in [-0.15, -0.1) is 0 Å². The summed E-state index contributed by atoms with van der Waals surface area (Å²) in [5, 5.41) is 3.45. The van der Waals surface area contributed by atoms with Gasteiger partial charge in [0.25, 0.3) is 0 Å². The maximum atomic E-state index is 12.4. The molecule has 0 spiro atoms. The molecule has 2 aliphatic rings. The van der Waals surface area contributed by atoms with Crippen LogP contribution in [0, 0.1) is 0 Å². The van der Waals surface area contributed by atoms with Crippen molar-refractivity contribution >= 4 is 16.8 Å². The lowest BCUT2D eigenvalue weighted by Crippen LogP contribution is -2.53. The predicted molar refractivity (Wildman–Crippen MR) is 84.7 cm³/mol. The van der Waals surface area contributed by atoms with Crippen molar-refractivity contribution in [1.29, 1.82) is 0 Å². The fourth-order valence-corrected chi connectivity index (χ4v) is 4.48. The van der Waals surface area contributed by atoms with Gasteiger partial charge in [-0.2, -0.15) is 0 Å². The second-order valence-corrected chi connectivity index (χ2v) is 7.71. The number of esters is 1. The van der Waals surface area contributed by atoms with E-state index in [9.17, 15) is 9.00 Å². The average molecular weight is 316 g/mol. The molecule has 1 saturated heterocycles. The summed E-state index contributed by atoms with van der Waals surface area (Å²) >= 11 is 0. The van der Waals surface area contributed by atoms with E-state index in [-0.39, 0.29) is 5.97 Å². The van der Waals surface area contributed by atoms with Crippen molar-refractivity contribution in [2.75, 3.05) is 37.7 Å². The molecule has 2 rings (SSSR count). The molecule has 0 radical (unpaired) electrons. The summed E-state index contributed by atoms with van der Waals surface area (Å²) in [4.78, 5) is 14.8. The Morgan fingerprint density at radius 1 is 1.38 bits per heavy atom. The molecule has 0 aromatic rings. The van der Waals surface area contributed by atoms with Crippen LogP contribution in [0.2, 0.25) is 0 Å². The minimum Gasteiger partial charge on any atom is -0.465 e. The predicted octanol–water partition coefficient (Wildman–Crippen LogP) is 0.905. The molecule has 1 heterocycles. The van der Waals surface area contributed by atoms with Crippen LogP contribution in [0.1, 0.15) is 39.5 Å². The van der Waals surface area contributed by atoms with Crippen LogP contribution >= 0.6 is 0 Å². The van der Waals surface area contributed by atoms with E-state index in [0.29, 0.717) is 12.6 Å². The SMILES string of the molecule is CCCNC1(C(=O)OCC)CCC(N2CCS(=O)CC2)C1. The fraction of sp³-hybridized carbons (Fsp3) is 0.933. The van der Waals surface area contributed by atoms with Gasteiger partial charge in [-0.05, 0) is 39.2 Å². The molecule has 1 aliphatic heterocycles. The Morgan fingerprint density at radius 3 is 2.71 bits per heavy atom. The smallest absolute Gasteiger partial charge is 0.326 e.